The molecule has 2 atom stereocenters. The summed E-state index contributed by atoms with van der Waals surface area (Å²) < 4.78 is 33.5. The zero-order valence-corrected chi connectivity index (χ0v) is 17.3. The van der Waals surface area contributed by atoms with Gasteiger partial charge in [-0.3, -0.25) is 4.79 Å². The first-order valence-electron chi connectivity index (χ1n) is 9.23. The SMILES string of the molecule is CNCCC1(c2ccccc2)SC(c2cc(F)ccc2F)=NN1C(=O)[C@H](C)OC. The van der Waals surface area contributed by atoms with Gasteiger partial charge >= 0.3 is 0 Å². The number of rotatable bonds is 7. The third-order valence-corrected chi connectivity index (χ3v) is 6.25. The van der Waals surface area contributed by atoms with Crippen LogP contribution in [0.1, 0.15) is 24.5 Å². The van der Waals surface area contributed by atoms with Crippen LogP contribution in [0.5, 0.6) is 0 Å². The molecule has 1 heterocycles. The molecule has 29 heavy (non-hydrogen) atoms. The first kappa shape index (κ1) is 21.4. The minimum atomic E-state index is -0.914. The van der Waals surface area contributed by atoms with E-state index in [1.807, 2.05) is 37.4 Å². The van der Waals surface area contributed by atoms with E-state index in [9.17, 15) is 13.6 Å². The molecule has 8 heteroatoms. The Kier molecular flexibility index (Phi) is 6.66. The predicted octanol–water partition coefficient (Wildman–Crippen LogP) is 3.70. The van der Waals surface area contributed by atoms with E-state index in [0.717, 1.165) is 23.8 Å². The van der Waals surface area contributed by atoms with Crippen molar-refractivity contribution < 1.29 is 18.3 Å². The Morgan fingerprint density at radius 2 is 2.00 bits per heavy atom. The lowest BCUT2D eigenvalue weighted by atomic mass is 10.0. The van der Waals surface area contributed by atoms with E-state index in [0.29, 0.717) is 13.0 Å². The zero-order valence-electron chi connectivity index (χ0n) is 16.5. The van der Waals surface area contributed by atoms with E-state index in [1.54, 1.807) is 6.92 Å². The normalized spacial score (nSPS) is 19.9. The maximum atomic E-state index is 14.5. The largest absolute Gasteiger partial charge is 0.372 e. The second-order valence-corrected chi connectivity index (χ2v) is 7.93. The van der Waals surface area contributed by atoms with Gasteiger partial charge in [-0.25, -0.2) is 13.8 Å². The second kappa shape index (κ2) is 9.02. The fourth-order valence-corrected chi connectivity index (χ4v) is 4.53. The van der Waals surface area contributed by atoms with Crippen LogP contribution in [0.3, 0.4) is 0 Å². The number of thioether (sulfide) groups is 1. The maximum Gasteiger partial charge on any atom is 0.273 e. The van der Waals surface area contributed by atoms with Crippen LogP contribution < -0.4 is 5.32 Å². The Labute approximate surface area is 173 Å². The number of hydrogen-bond donors (Lipinski definition) is 1. The molecule has 0 aliphatic carbocycles. The Balaban J connectivity index is 2.15. The van der Waals surface area contributed by atoms with Crippen LogP contribution in [0.15, 0.2) is 53.6 Å². The van der Waals surface area contributed by atoms with Crippen molar-refractivity contribution in [2.24, 2.45) is 5.10 Å². The quantitative estimate of drug-likeness (QED) is 0.744. The molecule has 0 fully saturated rings. The summed E-state index contributed by atoms with van der Waals surface area (Å²) in [6.45, 7) is 2.22. The zero-order chi connectivity index (χ0) is 21.0. The summed E-state index contributed by atoms with van der Waals surface area (Å²) in [5.41, 5.74) is 0.868. The highest BCUT2D eigenvalue weighted by atomic mass is 32.2. The summed E-state index contributed by atoms with van der Waals surface area (Å²) in [5, 5.41) is 9.17. The van der Waals surface area contributed by atoms with Crippen LogP contribution >= 0.6 is 11.8 Å². The lowest BCUT2D eigenvalue weighted by Crippen LogP contribution is -2.46. The number of carbonyl (C=O) groups excluding carboxylic acids is 1. The number of nitrogens with zero attached hydrogens (tertiary/aromatic N) is 2. The smallest absolute Gasteiger partial charge is 0.273 e. The fraction of sp³-hybridized carbons (Fsp3) is 0.333. The van der Waals surface area contributed by atoms with Gasteiger partial charge in [0.1, 0.15) is 27.7 Å². The van der Waals surface area contributed by atoms with Gasteiger partial charge in [-0.1, -0.05) is 42.1 Å². The van der Waals surface area contributed by atoms with Gasteiger partial charge in [-0.15, -0.1) is 0 Å². The Morgan fingerprint density at radius 1 is 1.28 bits per heavy atom. The average Bonchev–Trinajstić information content (AvgIpc) is 3.14. The molecule has 0 bridgehead atoms. The van der Waals surface area contributed by atoms with E-state index in [4.69, 9.17) is 4.74 Å². The number of hydrazone groups is 1. The highest BCUT2D eigenvalue weighted by Gasteiger charge is 2.49. The van der Waals surface area contributed by atoms with Crippen molar-refractivity contribution in [2.45, 2.75) is 24.3 Å². The molecular weight excluding hydrogens is 396 g/mol. The summed E-state index contributed by atoms with van der Waals surface area (Å²) in [6.07, 6.45) is -0.238. The van der Waals surface area contributed by atoms with Crippen molar-refractivity contribution in [3.8, 4) is 0 Å². The molecule has 0 spiro atoms. The Hall–Kier alpha value is -2.29. The molecule has 1 aliphatic heterocycles. The number of carbonyl (C=O) groups is 1. The minimum Gasteiger partial charge on any atom is -0.372 e. The number of ether oxygens (including phenoxy) is 1. The van der Waals surface area contributed by atoms with Crippen molar-refractivity contribution in [2.75, 3.05) is 20.7 Å². The van der Waals surface area contributed by atoms with Crippen molar-refractivity contribution >= 4 is 22.7 Å². The van der Waals surface area contributed by atoms with E-state index < -0.39 is 22.6 Å². The molecule has 0 saturated carbocycles. The summed E-state index contributed by atoms with van der Waals surface area (Å²) in [5.74, 6) is -1.52. The molecule has 2 aromatic carbocycles. The Morgan fingerprint density at radius 3 is 2.66 bits per heavy atom. The average molecular weight is 419 g/mol. The van der Waals surface area contributed by atoms with Crippen molar-refractivity contribution in [1.82, 2.24) is 10.3 Å². The third kappa shape index (κ3) is 4.19. The molecule has 0 aromatic heterocycles. The van der Waals surface area contributed by atoms with Crippen LogP contribution in [-0.4, -0.2) is 42.8 Å². The van der Waals surface area contributed by atoms with E-state index >= 15 is 0 Å². The molecule has 3 rings (SSSR count). The first-order valence-corrected chi connectivity index (χ1v) is 10.0. The van der Waals surface area contributed by atoms with Gasteiger partial charge in [0.05, 0.1) is 0 Å². The number of methoxy groups -OCH3 is 1. The molecule has 0 radical (unpaired) electrons. The summed E-state index contributed by atoms with van der Waals surface area (Å²) in [6, 6.07) is 12.7. The maximum absolute atomic E-state index is 14.5. The topological polar surface area (TPSA) is 53.9 Å². The van der Waals surface area contributed by atoms with Crippen LogP contribution in [0.2, 0.25) is 0 Å². The van der Waals surface area contributed by atoms with Gasteiger partial charge in [-0.05, 0) is 50.7 Å². The van der Waals surface area contributed by atoms with Crippen molar-refractivity contribution in [3.05, 3.63) is 71.3 Å². The monoisotopic (exact) mass is 419 g/mol. The van der Waals surface area contributed by atoms with E-state index in [1.165, 1.54) is 23.9 Å². The second-order valence-electron chi connectivity index (χ2n) is 6.66. The molecule has 1 N–H and O–H groups in total. The summed E-state index contributed by atoms with van der Waals surface area (Å²) >= 11 is 1.24. The predicted molar refractivity (Wildman–Crippen MR) is 110 cm³/mol. The van der Waals surface area contributed by atoms with E-state index in [2.05, 4.69) is 10.4 Å². The minimum absolute atomic E-state index is 0.0279. The van der Waals surface area contributed by atoms with Gasteiger partial charge in [0.25, 0.3) is 5.91 Å². The molecule has 1 aliphatic rings. The van der Waals surface area contributed by atoms with Gasteiger partial charge in [0.15, 0.2) is 0 Å². The van der Waals surface area contributed by atoms with Gasteiger partial charge in [0, 0.05) is 12.7 Å². The van der Waals surface area contributed by atoms with Crippen LogP contribution in [-0.2, 0) is 14.4 Å². The molecule has 1 amide bonds. The fourth-order valence-electron chi connectivity index (χ4n) is 3.14. The lowest BCUT2D eigenvalue weighted by Gasteiger charge is -2.36. The number of nitrogens with one attached hydrogen (secondary N) is 1. The molecule has 1 unspecified atom stereocenters. The van der Waals surface area contributed by atoms with Crippen molar-refractivity contribution in [3.63, 3.8) is 0 Å². The van der Waals surface area contributed by atoms with Gasteiger partial charge < -0.3 is 10.1 Å². The highest BCUT2D eigenvalue weighted by molar-refractivity contribution is 8.15. The van der Waals surface area contributed by atoms with Crippen molar-refractivity contribution in [1.29, 1.82) is 0 Å². The standard InChI is InChI=1S/C21H23F2N3O2S/c1-14(28-3)20(27)26-21(11-12-24-2,15-7-5-4-6-8-15)29-19(25-26)17-13-16(22)9-10-18(17)23/h4-10,13-14,24H,11-12H2,1-3H3/t14-,21?/m0/s1. The number of benzene rings is 2. The first-order chi connectivity index (χ1) is 13.9. The molecule has 0 saturated heterocycles. The van der Waals surface area contributed by atoms with Crippen LogP contribution in [0.25, 0.3) is 0 Å². The van der Waals surface area contributed by atoms with Crippen LogP contribution in [0.4, 0.5) is 8.78 Å². The lowest BCUT2D eigenvalue weighted by molar-refractivity contribution is -0.144. The molecule has 2 aromatic rings. The molecular formula is C21H23F2N3O2S. The van der Waals surface area contributed by atoms with E-state index in [-0.39, 0.29) is 16.5 Å². The Bertz CT molecular complexity index is 910. The van der Waals surface area contributed by atoms with Gasteiger partial charge in [-0.2, -0.15) is 5.10 Å². The third-order valence-electron chi connectivity index (χ3n) is 4.81. The molecule has 154 valence electrons. The summed E-state index contributed by atoms with van der Waals surface area (Å²) in [4.78, 5) is 12.2. The van der Waals surface area contributed by atoms with Crippen LogP contribution in [0, 0.1) is 11.6 Å². The highest BCUT2D eigenvalue weighted by Crippen LogP contribution is 2.50. The number of halogens is 2. The number of amides is 1. The number of hydrogen-bond acceptors (Lipinski definition) is 5. The summed E-state index contributed by atoms with van der Waals surface area (Å²) in [7, 11) is 3.26. The molecule has 5 nitrogen and oxygen atoms in total. The van der Waals surface area contributed by atoms with Gasteiger partial charge in [0.2, 0.25) is 0 Å².